The fourth-order valence-electron chi connectivity index (χ4n) is 1.52. The Morgan fingerprint density at radius 2 is 2.06 bits per heavy atom. The molecule has 1 N–H and O–H groups in total. The number of aromatic amines is 1. The van der Waals surface area contributed by atoms with E-state index in [1.54, 1.807) is 0 Å². The minimum absolute atomic E-state index is 0.856. The number of nitrogens with zero attached hydrogens (tertiary/aromatic N) is 2. The molecule has 0 aliphatic heterocycles. The topological polar surface area (TPSA) is 41.6 Å². The minimum atomic E-state index is 0.856. The summed E-state index contributed by atoms with van der Waals surface area (Å²) in [4.78, 5) is 7.68. The van der Waals surface area contributed by atoms with Gasteiger partial charge in [-0.15, -0.1) is 0 Å². The lowest BCUT2D eigenvalue weighted by Gasteiger charge is -1.82. The van der Waals surface area contributed by atoms with E-state index < -0.39 is 0 Å². The molecule has 0 unspecified atom stereocenters. The van der Waals surface area contributed by atoms with Crippen LogP contribution in [0.5, 0.6) is 0 Å². The lowest BCUT2D eigenvalue weighted by Crippen LogP contribution is -1.73. The standard InChI is InChI=1S/C12H9N3S/c1-2-4-11-10(3-1)13-12(14-11)6-5-9-7-8-16-15-9/h1-8H,(H,13,14). The van der Waals surface area contributed by atoms with Crippen molar-refractivity contribution in [3.05, 3.63) is 47.2 Å². The van der Waals surface area contributed by atoms with Gasteiger partial charge in [-0.1, -0.05) is 12.1 Å². The number of hydrogen-bond acceptors (Lipinski definition) is 3. The number of benzene rings is 1. The maximum atomic E-state index is 4.45. The van der Waals surface area contributed by atoms with Gasteiger partial charge in [-0.05, 0) is 41.9 Å². The van der Waals surface area contributed by atoms with Gasteiger partial charge in [0.15, 0.2) is 0 Å². The van der Waals surface area contributed by atoms with E-state index in [-0.39, 0.29) is 0 Å². The molecule has 0 amide bonds. The Balaban J connectivity index is 1.95. The number of fused-ring (bicyclic) bond motifs is 1. The first-order chi connectivity index (χ1) is 7.92. The van der Waals surface area contributed by atoms with Gasteiger partial charge in [-0.25, -0.2) is 4.98 Å². The number of nitrogens with one attached hydrogen (secondary N) is 1. The molecule has 1 aromatic carbocycles. The third-order valence-corrected chi connectivity index (χ3v) is 2.85. The molecule has 3 aromatic rings. The SMILES string of the molecule is C(=Cc1nc2ccccc2[nH]1)c1ccsn1. The highest BCUT2D eigenvalue weighted by Gasteiger charge is 1.97. The van der Waals surface area contributed by atoms with Crippen molar-refractivity contribution in [1.82, 2.24) is 14.3 Å². The Labute approximate surface area is 96.6 Å². The summed E-state index contributed by atoms with van der Waals surface area (Å²) in [6, 6.07) is 9.96. The molecule has 0 spiro atoms. The molecule has 78 valence electrons. The lowest BCUT2D eigenvalue weighted by molar-refractivity contribution is 1.29. The summed E-state index contributed by atoms with van der Waals surface area (Å²) >= 11 is 1.45. The van der Waals surface area contributed by atoms with E-state index in [4.69, 9.17) is 0 Å². The fraction of sp³-hybridized carbons (Fsp3) is 0. The smallest absolute Gasteiger partial charge is 0.131 e. The normalized spacial score (nSPS) is 11.5. The van der Waals surface area contributed by atoms with E-state index in [1.807, 2.05) is 47.9 Å². The Bertz CT molecular complexity index is 590. The molecule has 16 heavy (non-hydrogen) atoms. The molecule has 0 fully saturated rings. The zero-order valence-corrected chi connectivity index (χ0v) is 9.24. The average Bonchev–Trinajstić information content (AvgIpc) is 2.95. The van der Waals surface area contributed by atoms with Crippen molar-refractivity contribution in [3.63, 3.8) is 0 Å². The second-order valence-corrected chi connectivity index (χ2v) is 4.06. The summed E-state index contributed by atoms with van der Waals surface area (Å²) in [7, 11) is 0. The van der Waals surface area contributed by atoms with Crippen LogP contribution in [0.1, 0.15) is 11.5 Å². The quantitative estimate of drug-likeness (QED) is 0.730. The summed E-state index contributed by atoms with van der Waals surface area (Å²) in [6.45, 7) is 0. The van der Waals surface area contributed by atoms with Gasteiger partial charge in [0.05, 0.1) is 16.7 Å². The van der Waals surface area contributed by atoms with E-state index in [0.29, 0.717) is 0 Å². The lowest BCUT2D eigenvalue weighted by atomic mass is 10.3. The molecule has 3 rings (SSSR count). The molecular formula is C12H9N3S. The van der Waals surface area contributed by atoms with Crippen molar-refractivity contribution >= 4 is 34.7 Å². The Hall–Kier alpha value is -1.94. The number of H-pyrrole nitrogens is 1. The van der Waals surface area contributed by atoms with E-state index >= 15 is 0 Å². The second kappa shape index (κ2) is 3.90. The highest BCUT2D eigenvalue weighted by atomic mass is 32.1. The number of rotatable bonds is 2. The van der Waals surface area contributed by atoms with Crippen molar-refractivity contribution in [1.29, 1.82) is 0 Å². The van der Waals surface area contributed by atoms with Crippen LogP contribution in [0.15, 0.2) is 35.7 Å². The fourth-order valence-corrected chi connectivity index (χ4v) is 2.03. The Kier molecular flexibility index (Phi) is 2.27. The molecule has 2 aromatic heterocycles. The van der Waals surface area contributed by atoms with Crippen LogP contribution in [0, 0.1) is 0 Å². The zero-order chi connectivity index (χ0) is 10.8. The third kappa shape index (κ3) is 1.75. The third-order valence-electron chi connectivity index (χ3n) is 2.28. The molecule has 4 heteroatoms. The Morgan fingerprint density at radius 3 is 2.88 bits per heavy atom. The van der Waals surface area contributed by atoms with Gasteiger partial charge in [0.1, 0.15) is 5.82 Å². The first kappa shape index (κ1) is 9.30. The first-order valence-corrected chi connectivity index (χ1v) is 5.79. The highest BCUT2D eigenvalue weighted by molar-refractivity contribution is 7.03. The summed E-state index contributed by atoms with van der Waals surface area (Å²) in [5, 5.41) is 1.96. The Morgan fingerprint density at radius 1 is 1.12 bits per heavy atom. The van der Waals surface area contributed by atoms with Gasteiger partial charge in [0.2, 0.25) is 0 Å². The van der Waals surface area contributed by atoms with Crippen LogP contribution in [0.4, 0.5) is 0 Å². The van der Waals surface area contributed by atoms with Crippen LogP contribution >= 0.6 is 11.5 Å². The second-order valence-electron chi connectivity index (χ2n) is 3.40. The number of imidazole rings is 1. The summed E-state index contributed by atoms with van der Waals surface area (Å²) in [6.07, 6.45) is 3.89. The van der Waals surface area contributed by atoms with Crippen LogP contribution in [0.2, 0.25) is 0 Å². The van der Waals surface area contributed by atoms with E-state index in [0.717, 1.165) is 22.6 Å². The number of hydrogen-bond donors (Lipinski definition) is 1. The maximum Gasteiger partial charge on any atom is 0.131 e. The van der Waals surface area contributed by atoms with Crippen LogP contribution in [-0.2, 0) is 0 Å². The van der Waals surface area contributed by atoms with Crippen molar-refractivity contribution in [2.24, 2.45) is 0 Å². The van der Waals surface area contributed by atoms with Crippen molar-refractivity contribution < 1.29 is 0 Å². The number of aromatic nitrogens is 3. The van der Waals surface area contributed by atoms with Crippen molar-refractivity contribution in [3.8, 4) is 0 Å². The molecule has 0 radical (unpaired) electrons. The molecule has 3 nitrogen and oxygen atoms in total. The van der Waals surface area contributed by atoms with Crippen LogP contribution in [0.25, 0.3) is 23.2 Å². The van der Waals surface area contributed by atoms with E-state index in [1.165, 1.54) is 11.5 Å². The summed E-state index contributed by atoms with van der Waals surface area (Å²) in [5.74, 6) is 0.856. The average molecular weight is 227 g/mol. The van der Waals surface area contributed by atoms with Gasteiger partial charge in [0.25, 0.3) is 0 Å². The molecule has 0 aliphatic carbocycles. The van der Waals surface area contributed by atoms with E-state index in [2.05, 4.69) is 14.3 Å². The molecule has 0 saturated heterocycles. The van der Waals surface area contributed by atoms with Gasteiger partial charge >= 0.3 is 0 Å². The van der Waals surface area contributed by atoms with Gasteiger partial charge in [-0.2, -0.15) is 4.37 Å². The van der Waals surface area contributed by atoms with Gasteiger partial charge in [-0.3, -0.25) is 0 Å². The monoisotopic (exact) mass is 227 g/mol. The summed E-state index contributed by atoms with van der Waals surface area (Å²) < 4.78 is 4.20. The predicted octanol–water partition coefficient (Wildman–Crippen LogP) is 3.19. The largest absolute Gasteiger partial charge is 0.338 e. The van der Waals surface area contributed by atoms with Gasteiger partial charge < -0.3 is 4.98 Å². The summed E-state index contributed by atoms with van der Waals surface area (Å²) in [5.41, 5.74) is 3.01. The molecule has 2 heterocycles. The zero-order valence-electron chi connectivity index (χ0n) is 8.42. The number of para-hydroxylation sites is 2. The molecule has 0 atom stereocenters. The van der Waals surface area contributed by atoms with Crippen molar-refractivity contribution in [2.45, 2.75) is 0 Å². The minimum Gasteiger partial charge on any atom is -0.338 e. The van der Waals surface area contributed by atoms with Crippen molar-refractivity contribution in [2.75, 3.05) is 0 Å². The van der Waals surface area contributed by atoms with Gasteiger partial charge in [0, 0.05) is 5.38 Å². The molecule has 0 aliphatic rings. The maximum absolute atomic E-state index is 4.45. The predicted molar refractivity (Wildman–Crippen MR) is 67.1 cm³/mol. The molecule has 0 bridgehead atoms. The van der Waals surface area contributed by atoms with E-state index in [9.17, 15) is 0 Å². The molecule has 0 saturated carbocycles. The highest BCUT2D eigenvalue weighted by Crippen LogP contribution is 2.12. The van der Waals surface area contributed by atoms with Crippen LogP contribution in [-0.4, -0.2) is 14.3 Å². The first-order valence-electron chi connectivity index (χ1n) is 4.95. The van der Waals surface area contributed by atoms with Crippen LogP contribution < -0.4 is 0 Å². The molecular weight excluding hydrogens is 218 g/mol. The van der Waals surface area contributed by atoms with Crippen LogP contribution in [0.3, 0.4) is 0 Å².